The molecule has 0 aliphatic heterocycles. The number of hydrogen-bond acceptors (Lipinski definition) is 4. The van der Waals surface area contributed by atoms with Gasteiger partial charge in [0.2, 0.25) is 0 Å². The largest absolute Gasteiger partial charge is 0.477 e. The molecule has 3 rings (SSSR count). The second-order valence-electron chi connectivity index (χ2n) is 7.40. The van der Waals surface area contributed by atoms with Crippen LogP contribution in [0.3, 0.4) is 0 Å². The molecule has 1 heterocycles. The summed E-state index contributed by atoms with van der Waals surface area (Å²) in [5.74, 6) is -0.767. The van der Waals surface area contributed by atoms with Crippen LogP contribution in [0.1, 0.15) is 23.3 Å². The molecule has 1 unspecified atom stereocenters. The molecule has 2 aromatic carbocycles. The van der Waals surface area contributed by atoms with Crippen LogP contribution in [0.2, 0.25) is 0 Å². The third-order valence-electron chi connectivity index (χ3n) is 4.84. The molecule has 164 valence electrons. The third-order valence-corrected chi connectivity index (χ3v) is 7.57. The first-order valence-electron chi connectivity index (χ1n) is 9.91. The fourth-order valence-corrected chi connectivity index (χ4v) is 5.20. The van der Waals surface area contributed by atoms with E-state index in [4.69, 9.17) is 17.0 Å². The van der Waals surface area contributed by atoms with Gasteiger partial charge in [-0.05, 0) is 42.3 Å². The van der Waals surface area contributed by atoms with E-state index in [1.54, 1.807) is 12.1 Å². The van der Waals surface area contributed by atoms with Gasteiger partial charge in [0.15, 0.2) is 5.85 Å². The van der Waals surface area contributed by atoms with Crippen LogP contribution in [0.15, 0.2) is 66.0 Å². The maximum Gasteiger partial charge on any atom is 0.365 e. The van der Waals surface area contributed by atoms with Crippen molar-refractivity contribution in [3.8, 4) is 16.9 Å². The van der Waals surface area contributed by atoms with Gasteiger partial charge in [0.25, 0.3) is 0 Å². The number of para-hydroxylation sites is 1. The SMILES string of the molecule is CN(C)C(=S)c1sccc1-c1ccccc1OC(CCCc1ccccc1)P(=O)(O)O. The Bertz CT molecular complexity index is 1060. The predicted molar refractivity (Wildman–Crippen MR) is 131 cm³/mol. The van der Waals surface area contributed by atoms with Crippen LogP contribution in [0.5, 0.6) is 5.75 Å². The molecule has 8 heteroatoms. The predicted octanol–water partition coefficient (Wildman–Crippen LogP) is 5.56. The molecule has 0 bridgehead atoms. The quantitative estimate of drug-likeness (QED) is 0.312. The van der Waals surface area contributed by atoms with Gasteiger partial charge in [-0.3, -0.25) is 4.57 Å². The van der Waals surface area contributed by atoms with Crippen molar-refractivity contribution in [2.45, 2.75) is 25.1 Å². The summed E-state index contributed by atoms with van der Waals surface area (Å²) in [4.78, 5) is 23.4. The molecule has 0 fully saturated rings. The van der Waals surface area contributed by atoms with E-state index >= 15 is 0 Å². The van der Waals surface area contributed by atoms with E-state index in [9.17, 15) is 14.4 Å². The molecule has 0 amide bonds. The van der Waals surface area contributed by atoms with Gasteiger partial charge in [0.1, 0.15) is 10.7 Å². The highest BCUT2D eigenvalue weighted by Gasteiger charge is 2.31. The van der Waals surface area contributed by atoms with Crippen molar-refractivity contribution in [2.75, 3.05) is 14.1 Å². The Balaban J connectivity index is 1.83. The second kappa shape index (κ2) is 10.5. The average molecular weight is 476 g/mol. The lowest BCUT2D eigenvalue weighted by Gasteiger charge is -2.22. The van der Waals surface area contributed by atoms with E-state index in [1.807, 2.05) is 72.9 Å². The Morgan fingerprint density at radius 2 is 1.74 bits per heavy atom. The molecular formula is C23H26NO4PS2. The molecule has 5 nitrogen and oxygen atoms in total. The zero-order valence-corrected chi connectivity index (χ0v) is 20.0. The highest BCUT2D eigenvalue weighted by atomic mass is 32.1. The molecule has 31 heavy (non-hydrogen) atoms. The van der Waals surface area contributed by atoms with Crippen molar-refractivity contribution in [3.63, 3.8) is 0 Å². The molecule has 0 spiro atoms. The maximum atomic E-state index is 12.2. The summed E-state index contributed by atoms with van der Waals surface area (Å²) in [5, 5.41) is 1.96. The fraction of sp³-hybridized carbons (Fsp3) is 0.261. The van der Waals surface area contributed by atoms with Crippen LogP contribution in [0.25, 0.3) is 11.1 Å². The van der Waals surface area contributed by atoms with Crippen LogP contribution in [0.4, 0.5) is 0 Å². The summed E-state index contributed by atoms with van der Waals surface area (Å²) in [7, 11) is -0.672. The van der Waals surface area contributed by atoms with E-state index in [2.05, 4.69) is 0 Å². The van der Waals surface area contributed by atoms with Crippen LogP contribution in [-0.4, -0.2) is 39.6 Å². The molecule has 3 aromatic rings. The average Bonchev–Trinajstić information content (AvgIpc) is 3.22. The van der Waals surface area contributed by atoms with Crippen LogP contribution in [0, 0.1) is 0 Å². The number of rotatable bonds is 9. The highest BCUT2D eigenvalue weighted by molar-refractivity contribution is 7.81. The normalized spacial score (nSPS) is 12.4. The van der Waals surface area contributed by atoms with Gasteiger partial charge in [-0.1, -0.05) is 60.7 Å². The summed E-state index contributed by atoms with van der Waals surface area (Å²) < 4.78 is 18.1. The van der Waals surface area contributed by atoms with Crippen LogP contribution < -0.4 is 4.74 Å². The summed E-state index contributed by atoms with van der Waals surface area (Å²) in [6, 6.07) is 19.2. The Morgan fingerprint density at radius 1 is 1.06 bits per heavy atom. The summed E-state index contributed by atoms with van der Waals surface area (Å²) in [6.07, 6.45) is 1.59. The number of benzene rings is 2. The molecule has 0 aliphatic carbocycles. The molecule has 2 N–H and O–H groups in total. The van der Waals surface area contributed by atoms with Gasteiger partial charge in [-0.15, -0.1) is 11.3 Å². The van der Waals surface area contributed by atoms with Gasteiger partial charge in [-0.2, -0.15) is 0 Å². The van der Waals surface area contributed by atoms with E-state index in [-0.39, 0.29) is 6.42 Å². The van der Waals surface area contributed by atoms with Gasteiger partial charge in [-0.25, -0.2) is 0 Å². The molecule has 0 radical (unpaired) electrons. The van der Waals surface area contributed by atoms with Crippen LogP contribution in [-0.2, 0) is 11.0 Å². The Labute approximate surface area is 192 Å². The minimum atomic E-state index is -4.46. The number of thiophene rings is 1. The minimum absolute atomic E-state index is 0.250. The number of hydrogen-bond donors (Lipinski definition) is 2. The van der Waals surface area contributed by atoms with Gasteiger partial charge >= 0.3 is 7.60 Å². The topological polar surface area (TPSA) is 70.0 Å². The Hall–Kier alpha value is -2.02. The first kappa shape index (κ1) is 23.6. The van der Waals surface area contributed by atoms with E-state index < -0.39 is 13.4 Å². The smallest absolute Gasteiger partial charge is 0.365 e. The van der Waals surface area contributed by atoms with Crippen molar-refractivity contribution in [2.24, 2.45) is 0 Å². The Kier molecular flexibility index (Phi) is 8.03. The molecule has 1 aromatic heterocycles. The molecule has 0 saturated heterocycles. The lowest BCUT2D eigenvalue weighted by molar-refractivity contribution is 0.213. The molecular weight excluding hydrogens is 449 g/mol. The fourth-order valence-electron chi connectivity index (χ4n) is 3.25. The monoisotopic (exact) mass is 475 g/mol. The van der Waals surface area contributed by atoms with Gasteiger partial charge < -0.3 is 19.4 Å². The third kappa shape index (κ3) is 6.25. The van der Waals surface area contributed by atoms with Crippen LogP contribution >= 0.6 is 31.2 Å². The second-order valence-corrected chi connectivity index (χ2v) is 10.5. The minimum Gasteiger partial charge on any atom is -0.477 e. The van der Waals surface area contributed by atoms with Crippen molar-refractivity contribution in [3.05, 3.63) is 76.5 Å². The zero-order valence-electron chi connectivity index (χ0n) is 17.5. The van der Waals surface area contributed by atoms with Gasteiger partial charge in [0, 0.05) is 25.2 Å². The van der Waals surface area contributed by atoms with E-state index in [0.29, 0.717) is 17.2 Å². The Morgan fingerprint density at radius 3 is 2.42 bits per heavy atom. The first-order valence-corrected chi connectivity index (χ1v) is 12.9. The highest BCUT2D eigenvalue weighted by Crippen LogP contribution is 2.46. The standard InChI is InChI=1S/C23H26NO4PS2/c1-24(2)23(30)22-19(15-16-31-22)18-12-6-7-13-20(18)28-21(29(25,26)27)14-8-11-17-9-4-3-5-10-17/h3-7,9-10,12-13,15-16,21H,8,11,14H2,1-2H3,(H2,25,26,27). The van der Waals surface area contributed by atoms with E-state index in [0.717, 1.165) is 28.0 Å². The zero-order chi connectivity index (χ0) is 22.4. The lowest BCUT2D eigenvalue weighted by atomic mass is 10.1. The molecule has 1 atom stereocenters. The summed E-state index contributed by atoms with van der Waals surface area (Å²) in [5.41, 5.74) is 2.80. The van der Waals surface area contributed by atoms with E-state index in [1.165, 1.54) is 11.3 Å². The van der Waals surface area contributed by atoms with Crippen molar-refractivity contribution in [1.82, 2.24) is 4.90 Å². The number of thiocarbonyl (C=S) groups is 1. The van der Waals surface area contributed by atoms with Crippen molar-refractivity contribution >= 4 is 36.1 Å². The number of aryl methyl sites for hydroxylation is 1. The van der Waals surface area contributed by atoms with Crippen molar-refractivity contribution < 1.29 is 19.1 Å². The summed E-state index contributed by atoms with van der Waals surface area (Å²) in [6.45, 7) is 0. The first-order chi connectivity index (χ1) is 14.8. The number of nitrogens with zero attached hydrogens (tertiary/aromatic N) is 1. The lowest BCUT2D eigenvalue weighted by Crippen LogP contribution is -2.20. The molecule has 0 saturated carbocycles. The van der Waals surface area contributed by atoms with Crippen molar-refractivity contribution in [1.29, 1.82) is 0 Å². The van der Waals surface area contributed by atoms with Gasteiger partial charge in [0.05, 0.1) is 4.88 Å². The molecule has 0 aliphatic rings. The maximum absolute atomic E-state index is 12.2. The summed E-state index contributed by atoms with van der Waals surface area (Å²) >= 11 is 7.08. The number of ether oxygens (including phenoxy) is 1.